The fourth-order valence-electron chi connectivity index (χ4n) is 2.40. The van der Waals surface area contributed by atoms with E-state index in [1.807, 2.05) is 0 Å². The molecule has 0 spiro atoms. The Hall–Kier alpha value is -0.900. The Morgan fingerprint density at radius 2 is 1.88 bits per heavy atom. The van der Waals surface area contributed by atoms with Gasteiger partial charge in [0.05, 0.1) is 12.7 Å². The first-order valence-corrected chi connectivity index (χ1v) is 6.15. The van der Waals surface area contributed by atoms with Crippen LogP contribution in [0.3, 0.4) is 0 Å². The van der Waals surface area contributed by atoms with Crippen LogP contribution in [-0.4, -0.2) is 39.5 Å². The molecule has 17 heavy (non-hydrogen) atoms. The van der Waals surface area contributed by atoms with Gasteiger partial charge in [-0.25, -0.2) is 0 Å². The summed E-state index contributed by atoms with van der Waals surface area (Å²) in [5, 5.41) is 3.56. The van der Waals surface area contributed by atoms with Crippen molar-refractivity contribution in [3.05, 3.63) is 35.4 Å². The van der Waals surface area contributed by atoms with E-state index in [4.69, 9.17) is 9.47 Å². The maximum Gasteiger partial charge on any atom is 0.0928 e. The minimum absolute atomic E-state index is 0.142. The van der Waals surface area contributed by atoms with E-state index in [0.717, 1.165) is 19.4 Å². The van der Waals surface area contributed by atoms with Gasteiger partial charge in [0.15, 0.2) is 0 Å². The summed E-state index contributed by atoms with van der Waals surface area (Å²) in [5.74, 6) is 0. The summed E-state index contributed by atoms with van der Waals surface area (Å²) in [7, 11) is 3.44. The summed E-state index contributed by atoms with van der Waals surface area (Å²) < 4.78 is 10.4. The fourth-order valence-corrected chi connectivity index (χ4v) is 2.40. The maximum atomic E-state index is 5.34. The van der Waals surface area contributed by atoms with E-state index in [1.165, 1.54) is 11.1 Å². The van der Waals surface area contributed by atoms with E-state index in [9.17, 15) is 0 Å². The standard InChI is InChI=1S/C14H21NO2/c1-16-10-14(17-2)9-15-13-7-11-5-3-4-6-12(11)8-13/h3-6,13-15H,7-10H2,1-2H3. The van der Waals surface area contributed by atoms with Gasteiger partial charge in [-0.1, -0.05) is 24.3 Å². The highest BCUT2D eigenvalue weighted by Crippen LogP contribution is 2.21. The molecule has 3 heteroatoms. The molecular weight excluding hydrogens is 214 g/mol. The van der Waals surface area contributed by atoms with E-state index >= 15 is 0 Å². The molecule has 0 saturated carbocycles. The Kier molecular flexibility index (Phi) is 4.54. The summed E-state index contributed by atoms with van der Waals surface area (Å²) in [5.41, 5.74) is 2.96. The summed E-state index contributed by atoms with van der Waals surface area (Å²) in [6.07, 6.45) is 2.39. The normalized spacial score (nSPS) is 17.1. The maximum absolute atomic E-state index is 5.34. The molecule has 0 radical (unpaired) electrons. The number of benzene rings is 1. The molecule has 1 aromatic rings. The van der Waals surface area contributed by atoms with Gasteiger partial charge >= 0.3 is 0 Å². The third-order valence-electron chi connectivity index (χ3n) is 3.37. The molecule has 1 aromatic carbocycles. The highest BCUT2D eigenvalue weighted by molar-refractivity contribution is 5.33. The molecule has 1 N–H and O–H groups in total. The highest BCUT2D eigenvalue weighted by Gasteiger charge is 2.21. The van der Waals surface area contributed by atoms with Gasteiger partial charge in [-0.15, -0.1) is 0 Å². The van der Waals surface area contributed by atoms with Crippen molar-refractivity contribution >= 4 is 0 Å². The summed E-state index contributed by atoms with van der Waals surface area (Å²) in [4.78, 5) is 0. The number of ether oxygens (including phenoxy) is 2. The number of nitrogens with one attached hydrogen (secondary N) is 1. The van der Waals surface area contributed by atoms with E-state index in [2.05, 4.69) is 29.6 Å². The van der Waals surface area contributed by atoms with Crippen LogP contribution in [0.15, 0.2) is 24.3 Å². The lowest BCUT2D eigenvalue weighted by atomic mass is 10.1. The largest absolute Gasteiger partial charge is 0.382 e. The lowest BCUT2D eigenvalue weighted by Crippen LogP contribution is -2.38. The average molecular weight is 235 g/mol. The Balaban J connectivity index is 1.79. The van der Waals surface area contributed by atoms with Gasteiger partial charge < -0.3 is 14.8 Å². The van der Waals surface area contributed by atoms with Crippen LogP contribution in [0.5, 0.6) is 0 Å². The molecule has 0 amide bonds. The van der Waals surface area contributed by atoms with Crippen molar-refractivity contribution in [1.29, 1.82) is 0 Å². The molecule has 1 aliphatic rings. The lowest BCUT2D eigenvalue weighted by molar-refractivity contribution is 0.0275. The first-order chi connectivity index (χ1) is 8.33. The third kappa shape index (κ3) is 3.28. The molecular formula is C14H21NO2. The quantitative estimate of drug-likeness (QED) is 0.808. The van der Waals surface area contributed by atoms with E-state index in [1.54, 1.807) is 14.2 Å². The van der Waals surface area contributed by atoms with Crippen LogP contribution in [0, 0.1) is 0 Å². The summed E-state index contributed by atoms with van der Waals surface area (Å²) >= 11 is 0. The van der Waals surface area contributed by atoms with Gasteiger partial charge in [0.1, 0.15) is 0 Å². The lowest BCUT2D eigenvalue weighted by Gasteiger charge is -2.18. The van der Waals surface area contributed by atoms with Crippen LogP contribution in [0.2, 0.25) is 0 Å². The molecule has 2 rings (SSSR count). The van der Waals surface area contributed by atoms with Gasteiger partial charge in [-0.3, -0.25) is 0 Å². The number of fused-ring (bicyclic) bond motifs is 1. The predicted octanol–water partition coefficient (Wildman–Crippen LogP) is 1.40. The Labute approximate surface area is 103 Å². The van der Waals surface area contributed by atoms with Crippen molar-refractivity contribution in [3.63, 3.8) is 0 Å². The van der Waals surface area contributed by atoms with Gasteiger partial charge in [0.2, 0.25) is 0 Å². The SMILES string of the molecule is COCC(CNC1Cc2ccccc2C1)OC. The Bertz CT molecular complexity index is 329. The van der Waals surface area contributed by atoms with Crippen molar-refractivity contribution < 1.29 is 9.47 Å². The van der Waals surface area contributed by atoms with Crippen LogP contribution in [0.4, 0.5) is 0 Å². The molecule has 0 fully saturated rings. The monoisotopic (exact) mass is 235 g/mol. The highest BCUT2D eigenvalue weighted by atomic mass is 16.5. The number of methoxy groups -OCH3 is 2. The van der Waals surface area contributed by atoms with Crippen LogP contribution in [-0.2, 0) is 22.3 Å². The molecule has 0 aromatic heterocycles. The molecule has 0 heterocycles. The van der Waals surface area contributed by atoms with Gasteiger partial charge in [0.25, 0.3) is 0 Å². The minimum Gasteiger partial charge on any atom is -0.382 e. The van der Waals surface area contributed by atoms with Crippen molar-refractivity contribution in [2.45, 2.75) is 25.0 Å². The smallest absolute Gasteiger partial charge is 0.0928 e. The van der Waals surface area contributed by atoms with Crippen molar-refractivity contribution in [3.8, 4) is 0 Å². The van der Waals surface area contributed by atoms with Crippen molar-refractivity contribution in [2.75, 3.05) is 27.4 Å². The Morgan fingerprint density at radius 1 is 1.24 bits per heavy atom. The zero-order chi connectivity index (χ0) is 12.1. The number of hydrogen-bond acceptors (Lipinski definition) is 3. The summed E-state index contributed by atoms with van der Waals surface area (Å²) in [6, 6.07) is 9.22. The molecule has 0 aliphatic heterocycles. The predicted molar refractivity (Wildman–Crippen MR) is 68.3 cm³/mol. The zero-order valence-electron chi connectivity index (χ0n) is 10.6. The molecule has 3 nitrogen and oxygen atoms in total. The molecule has 1 aliphatic carbocycles. The minimum atomic E-state index is 0.142. The van der Waals surface area contributed by atoms with Crippen molar-refractivity contribution in [2.24, 2.45) is 0 Å². The van der Waals surface area contributed by atoms with E-state index in [0.29, 0.717) is 12.6 Å². The zero-order valence-corrected chi connectivity index (χ0v) is 10.6. The van der Waals surface area contributed by atoms with Gasteiger partial charge in [-0.2, -0.15) is 0 Å². The fraction of sp³-hybridized carbons (Fsp3) is 0.571. The Morgan fingerprint density at radius 3 is 2.41 bits per heavy atom. The topological polar surface area (TPSA) is 30.5 Å². The molecule has 0 bridgehead atoms. The van der Waals surface area contributed by atoms with Crippen LogP contribution in [0.1, 0.15) is 11.1 Å². The van der Waals surface area contributed by atoms with E-state index in [-0.39, 0.29) is 6.10 Å². The van der Waals surface area contributed by atoms with Gasteiger partial charge in [-0.05, 0) is 24.0 Å². The average Bonchev–Trinajstić information content (AvgIpc) is 2.77. The summed E-state index contributed by atoms with van der Waals surface area (Å²) in [6.45, 7) is 1.49. The van der Waals surface area contributed by atoms with Crippen LogP contribution in [0.25, 0.3) is 0 Å². The number of hydrogen-bond donors (Lipinski definition) is 1. The molecule has 0 saturated heterocycles. The molecule has 94 valence electrons. The first-order valence-electron chi connectivity index (χ1n) is 6.15. The molecule has 1 atom stereocenters. The third-order valence-corrected chi connectivity index (χ3v) is 3.37. The van der Waals surface area contributed by atoms with Crippen molar-refractivity contribution in [1.82, 2.24) is 5.32 Å². The van der Waals surface area contributed by atoms with Crippen LogP contribution < -0.4 is 5.32 Å². The molecule has 1 unspecified atom stereocenters. The number of rotatable bonds is 6. The second-order valence-electron chi connectivity index (χ2n) is 4.60. The first kappa shape index (κ1) is 12.6. The second kappa shape index (κ2) is 6.15. The van der Waals surface area contributed by atoms with E-state index < -0.39 is 0 Å². The second-order valence-corrected chi connectivity index (χ2v) is 4.60. The van der Waals surface area contributed by atoms with Gasteiger partial charge in [0, 0.05) is 26.8 Å². The van der Waals surface area contributed by atoms with Crippen LogP contribution >= 0.6 is 0 Å².